The van der Waals surface area contributed by atoms with Gasteiger partial charge in [-0.3, -0.25) is 4.98 Å². The molecule has 202 valence electrons. The van der Waals surface area contributed by atoms with E-state index in [1.807, 2.05) is 36.4 Å². The van der Waals surface area contributed by atoms with Crippen molar-refractivity contribution in [1.29, 1.82) is 0 Å². The minimum atomic E-state index is -0.528. The Morgan fingerprint density at radius 2 is 1.80 bits per heavy atom. The first-order valence-electron chi connectivity index (χ1n) is 13.4. The second-order valence-corrected chi connectivity index (χ2v) is 10.8. The summed E-state index contributed by atoms with van der Waals surface area (Å²) >= 11 is 6.56. The van der Waals surface area contributed by atoms with Crippen LogP contribution in [0.5, 0.6) is 6.01 Å². The van der Waals surface area contributed by atoms with E-state index < -0.39 is 5.82 Å². The predicted molar refractivity (Wildman–Crippen MR) is 155 cm³/mol. The van der Waals surface area contributed by atoms with Gasteiger partial charge in [0.1, 0.15) is 22.8 Å². The Bertz CT molecular complexity index is 1710. The number of benzene rings is 2. The minimum Gasteiger partial charge on any atom is -0.463 e. The molecule has 0 unspecified atom stereocenters. The summed E-state index contributed by atoms with van der Waals surface area (Å²) in [6, 6.07) is 15.8. The lowest BCUT2D eigenvalue weighted by molar-refractivity contribution is 0.297. The van der Waals surface area contributed by atoms with Crippen molar-refractivity contribution in [2.24, 2.45) is 0 Å². The molecule has 0 saturated carbocycles. The maximum Gasteiger partial charge on any atom is 0.319 e. The number of aromatic nitrogens is 4. The fourth-order valence-electron chi connectivity index (χ4n) is 5.82. The molecule has 2 atom stereocenters. The largest absolute Gasteiger partial charge is 0.463 e. The van der Waals surface area contributed by atoms with E-state index in [4.69, 9.17) is 27.1 Å². The minimum absolute atomic E-state index is 0.129. The number of pyridine rings is 2. The predicted octanol–water partition coefficient (Wildman–Crippen LogP) is 5.18. The van der Waals surface area contributed by atoms with E-state index in [-0.39, 0.29) is 17.2 Å². The van der Waals surface area contributed by atoms with Gasteiger partial charge in [0.25, 0.3) is 0 Å². The van der Waals surface area contributed by atoms with Crippen molar-refractivity contribution in [3.05, 3.63) is 77.3 Å². The van der Waals surface area contributed by atoms with Crippen molar-refractivity contribution in [3.63, 3.8) is 0 Å². The summed E-state index contributed by atoms with van der Waals surface area (Å²) < 4.78 is 22.4. The van der Waals surface area contributed by atoms with Crippen LogP contribution in [-0.2, 0) is 6.42 Å². The second kappa shape index (κ2) is 10.1. The van der Waals surface area contributed by atoms with Gasteiger partial charge < -0.3 is 20.7 Å². The lowest BCUT2D eigenvalue weighted by Gasteiger charge is -2.34. The molecule has 10 heteroatoms. The standard InChI is InChI=1S/C30H27ClFN7O/c31-23-6-2-4-18-3-1-5-21(25(18)23)27-26(32)28-22(14-35-27)29(39-15-19-8-9-20(16-39)36-19)38-30(37-28)40-12-11-17-7-10-24(33)34-13-17/h1-7,10,13-14,19-20,36H,8-9,11-12,15-16H2,(H2,33,34)/t19-,20+. The van der Waals surface area contributed by atoms with Crippen LogP contribution in [0.1, 0.15) is 18.4 Å². The summed E-state index contributed by atoms with van der Waals surface area (Å²) in [5, 5.41) is 6.39. The third kappa shape index (κ3) is 4.55. The Hall–Kier alpha value is -4.08. The number of nitrogens with two attached hydrogens (primary N) is 1. The van der Waals surface area contributed by atoms with Crippen LogP contribution in [0.3, 0.4) is 0 Å². The monoisotopic (exact) mass is 555 g/mol. The highest BCUT2D eigenvalue weighted by atomic mass is 35.5. The molecule has 5 aromatic rings. The molecule has 0 amide bonds. The highest BCUT2D eigenvalue weighted by molar-refractivity contribution is 6.36. The number of nitrogens with zero attached hydrogens (tertiary/aromatic N) is 5. The third-order valence-corrected chi connectivity index (χ3v) is 8.05. The first-order valence-corrected chi connectivity index (χ1v) is 13.8. The molecule has 0 radical (unpaired) electrons. The first kappa shape index (κ1) is 24.9. The van der Waals surface area contributed by atoms with Gasteiger partial charge in [0, 0.05) is 60.0 Å². The van der Waals surface area contributed by atoms with Crippen LogP contribution in [-0.4, -0.2) is 51.7 Å². The van der Waals surface area contributed by atoms with Crippen LogP contribution < -0.4 is 20.7 Å². The molecule has 2 fully saturated rings. The van der Waals surface area contributed by atoms with Gasteiger partial charge in [0.15, 0.2) is 5.82 Å². The normalized spacial score (nSPS) is 18.5. The molecule has 0 spiro atoms. The van der Waals surface area contributed by atoms with Crippen molar-refractivity contribution in [2.45, 2.75) is 31.3 Å². The molecule has 2 saturated heterocycles. The Labute approximate surface area is 235 Å². The topological polar surface area (TPSA) is 102 Å². The van der Waals surface area contributed by atoms with Gasteiger partial charge >= 0.3 is 6.01 Å². The Balaban J connectivity index is 1.31. The summed E-state index contributed by atoms with van der Waals surface area (Å²) in [4.78, 5) is 20.3. The second-order valence-electron chi connectivity index (χ2n) is 10.4. The van der Waals surface area contributed by atoms with Crippen LogP contribution in [0.25, 0.3) is 32.9 Å². The lowest BCUT2D eigenvalue weighted by Crippen LogP contribution is -2.51. The summed E-state index contributed by atoms with van der Waals surface area (Å²) in [7, 11) is 0. The van der Waals surface area contributed by atoms with Gasteiger partial charge in [-0.15, -0.1) is 0 Å². The van der Waals surface area contributed by atoms with Crippen molar-refractivity contribution in [3.8, 4) is 17.3 Å². The van der Waals surface area contributed by atoms with Crippen molar-refractivity contribution < 1.29 is 9.13 Å². The zero-order valence-corrected chi connectivity index (χ0v) is 22.4. The van der Waals surface area contributed by atoms with E-state index in [0.29, 0.717) is 52.7 Å². The molecule has 5 heterocycles. The Morgan fingerprint density at radius 1 is 1.00 bits per heavy atom. The molecule has 2 aliphatic rings. The van der Waals surface area contributed by atoms with Gasteiger partial charge in [-0.25, -0.2) is 9.37 Å². The highest BCUT2D eigenvalue weighted by Crippen LogP contribution is 2.38. The molecule has 40 heavy (non-hydrogen) atoms. The fraction of sp³-hybridized carbons (Fsp3) is 0.267. The summed E-state index contributed by atoms with van der Waals surface area (Å²) in [5.74, 6) is 0.574. The van der Waals surface area contributed by atoms with E-state index in [1.165, 1.54) is 0 Å². The van der Waals surface area contributed by atoms with Crippen LogP contribution in [0, 0.1) is 5.82 Å². The van der Waals surface area contributed by atoms with Crippen LogP contribution >= 0.6 is 11.6 Å². The smallest absolute Gasteiger partial charge is 0.319 e. The van der Waals surface area contributed by atoms with E-state index in [0.717, 1.165) is 42.3 Å². The van der Waals surface area contributed by atoms with Gasteiger partial charge in [-0.1, -0.05) is 48.0 Å². The highest BCUT2D eigenvalue weighted by Gasteiger charge is 2.34. The Morgan fingerprint density at radius 3 is 2.58 bits per heavy atom. The van der Waals surface area contributed by atoms with E-state index in [2.05, 4.69) is 25.2 Å². The molecule has 2 bridgehead atoms. The number of halogens is 2. The van der Waals surface area contributed by atoms with E-state index in [1.54, 1.807) is 24.5 Å². The van der Waals surface area contributed by atoms with Gasteiger partial charge in [-0.05, 0) is 35.9 Å². The number of ether oxygens (including phenoxy) is 1. The van der Waals surface area contributed by atoms with Crippen LogP contribution in [0.2, 0.25) is 5.02 Å². The Kier molecular flexibility index (Phi) is 6.32. The van der Waals surface area contributed by atoms with Crippen LogP contribution in [0.4, 0.5) is 16.0 Å². The van der Waals surface area contributed by atoms with Gasteiger partial charge in [-0.2, -0.15) is 9.97 Å². The number of hydrogen-bond acceptors (Lipinski definition) is 8. The van der Waals surface area contributed by atoms with E-state index >= 15 is 4.39 Å². The number of nitrogens with one attached hydrogen (secondary N) is 1. The first-order chi connectivity index (χ1) is 19.5. The summed E-state index contributed by atoms with van der Waals surface area (Å²) in [6.07, 6.45) is 6.20. The van der Waals surface area contributed by atoms with Crippen molar-refractivity contribution >= 4 is 44.9 Å². The SMILES string of the molecule is Nc1ccc(CCOc2nc(N3C[C@H]4CC[C@@H](C3)N4)c3cnc(-c4cccc5cccc(Cl)c45)c(F)c3n2)cn1. The third-order valence-electron chi connectivity index (χ3n) is 7.74. The summed E-state index contributed by atoms with van der Waals surface area (Å²) in [5.41, 5.74) is 7.65. The molecule has 3 N–H and O–H groups in total. The number of rotatable bonds is 6. The fourth-order valence-corrected chi connectivity index (χ4v) is 6.11. The maximum atomic E-state index is 16.4. The zero-order chi connectivity index (χ0) is 27.2. The van der Waals surface area contributed by atoms with Crippen molar-refractivity contribution in [1.82, 2.24) is 25.3 Å². The summed E-state index contributed by atoms with van der Waals surface area (Å²) in [6.45, 7) is 1.87. The van der Waals surface area contributed by atoms with E-state index in [9.17, 15) is 0 Å². The maximum absolute atomic E-state index is 16.4. The zero-order valence-electron chi connectivity index (χ0n) is 21.6. The van der Waals surface area contributed by atoms with Crippen LogP contribution in [0.15, 0.2) is 60.9 Å². The molecular weight excluding hydrogens is 529 g/mol. The van der Waals surface area contributed by atoms with Crippen molar-refractivity contribution in [2.75, 3.05) is 30.3 Å². The molecular formula is C30H27ClFN7O. The molecule has 8 nitrogen and oxygen atoms in total. The van der Waals surface area contributed by atoms with Gasteiger partial charge in [0.05, 0.1) is 12.0 Å². The molecule has 2 aliphatic heterocycles. The average Bonchev–Trinajstić information content (AvgIpc) is 3.31. The molecule has 7 rings (SSSR count). The number of anilines is 2. The number of fused-ring (bicyclic) bond motifs is 4. The quantitative estimate of drug-likeness (QED) is 0.296. The lowest BCUT2D eigenvalue weighted by atomic mass is 10.0. The molecule has 2 aromatic carbocycles. The number of piperazine rings is 1. The van der Waals surface area contributed by atoms with Gasteiger partial charge in [0.2, 0.25) is 0 Å². The number of nitrogen functional groups attached to an aromatic ring is 1. The molecule has 3 aromatic heterocycles. The average molecular weight is 556 g/mol. The molecule has 0 aliphatic carbocycles. The number of hydrogen-bond donors (Lipinski definition) is 2.